The van der Waals surface area contributed by atoms with Gasteiger partial charge in [-0.05, 0) is 63.7 Å². The molecule has 280 valence electrons. The molecule has 0 bridgehead atoms. The van der Waals surface area contributed by atoms with Gasteiger partial charge in [0.2, 0.25) is 10.4 Å². The highest BCUT2D eigenvalue weighted by Crippen LogP contribution is 2.61. The molecule has 0 saturated carbocycles. The van der Waals surface area contributed by atoms with Gasteiger partial charge in [-0.15, -0.1) is 0 Å². The summed E-state index contributed by atoms with van der Waals surface area (Å²) >= 11 is 0. The lowest BCUT2D eigenvalue weighted by molar-refractivity contribution is 0.207. The highest BCUT2D eigenvalue weighted by molar-refractivity contribution is 7.80. The van der Waals surface area contributed by atoms with E-state index < -0.39 is 17.7 Å². The van der Waals surface area contributed by atoms with E-state index in [4.69, 9.17) is 0 Å². The predicted molar refractivity (Wildman–Crippen MR) is 209 cm³/mol. The normalized spacial score (nSPS) is 12.7. The van der Waals surface area contributed by atoms with Crippen molar-refractivity contribution in [2.24, 2.45) is 5.92 Å². The molecule has 0 aliphatic rings. The van der Waals surface area contributed by atoms with Gasteiger partial charge >= 0.3 is 0 Å². The average molecular weight is 693 g/mol. The van der Waals surface area contributed by atoms with Gasteiger partial charge in [-0.25, -0.2) is 8.42 Å². The lowest BCUT2D eigenvalue weighted by Gasteiger charge is -2.28. The van der Waals surface area contributed by atoms with Gasteiger partial charge in [-0.2, -0.15) is 0 Å². The van der Waals surface area contributed by atoms with Gasteiger partial charge in [0, 0.05) is 7.26 Å². The van der Waals surface area contributed by atoms with Crippen molar-refractivity contribution in [2.75, 3.05) is 31.3 Å². The molecule has 0 saturated heterocycles. The first-order chi connectivity index (χ1) is 22.2. The van der Waals surface area contributed by atoms with E-state index in [1.54, 1.807) is 50.3 Å². The van der Waals surface area contributed by atoms with Gasteiger partial charge in [0.05, 0.1) is 31.3 Å². The maximum Gasteiger partial charge on any atom is 0.217 e. The van der Waals surface area contributed by atoms with Crippen molar-refractivity contribution in [3.63, 3.8) is 0 Å². The third-order valence-electron chi connectivity index (χ3n) is 9.94. The zero-order chi connectivity index (χ0) is 34.6. The Morgan fingerprint density at radius 3 is 1.02 bits per heavy atom. The van der Waals surface area contributed by atoms with Crippen LogP contribution >= 0.6 is 7.26 Å². The quantitative estimate of drug-likeness (QED) is 0.0287. The molecule has 0 spiro atoms. The molecule has 0 heterocycles. The first kappa shape index (κ1) is 48.4. The minimum Gasteiger partial charge on any atom is -0.726 e. The lowest BCUT2D eigenvalue weighted by atomic mass is 10.0. The van der Waals surface area contributed by atoms with Crippen molar-refractivity contribution >= 4 is 17.7 Å². The van der Waals surface area contributed by atoms with E-state index in [-0.39, 0.29) is 12.5 Å². The highest BCUT2D eigenvalue weighted by Gasteiger charge is 2.34. The standard InChI is InChI=1S/C32H68P.C8H18O4S/c1-5-9-13-17-18-19-20-21-22-23-24-28-32-33(29-25-14-10-6-2,30-26-15-11-7-3)31-27-16-12-8-4;1-3-5-6-8(4-2)7-12-13(9,10)11/h5-32H2,1-4H3;8H,3-7H2,1-2H3,(H,9,10,11)/q+1;/p-1. The molecule has 0 aliphatic heterocycles. The van der Waals surface area contributed by atoms with Crippen molar-refractivity contribution in [1.82, 2.24) is 0 Å². The number of unbranched alkanes of at least 4 members (excludes halogenated alkanes) is 21. The zero-order valence-corrected chi connectivity index (χ0v) is 34.1. The molecule has 4 nitrogen and oxygen atoms in total. The second-order valence-electron chi connectivity index (χ2n) is 14.4. The van der Waals surface area contributed by atoms with Crippen molar-refractivity contribution in [3.05, 3.63) is 0 Å². The molecular weight excluding hydrogens is 607 g/mol. The monoisotopic (exact) mass is 693 g/mol. The minimum absolute atomic E-state index is 0.0301. The van der Waals surface area contributed by atoms with Gasteiger partial charge in [0.25, 0.3) is 0 Å². The molecule has 0 N–H and O–H groups in total. The third kappa shape index (κ3) is 35.6. The van der Waals surface area contributed by atoms with E-state index >= 15 is 0 Å². The maximum absolute atomic E-state index is 10.1. The summed E-state index contributed by atoms with van der Waals surface area (Å²) in [6.45, 7) is 13.5. The molecule has 0 aliphatic carbocycles. The molecule has 0 rings (SSSR count). The SMILES string of the molecule is CCCCC(CC)COS(=O)(=O)[O-].CCCCCCCCCCCCCC[P+](CCCCCC)(CCCCCC)CCCCCC. The molecular formula is C40H85O4PS. The smallest absolute Gasteiger partial charge is 0.217 e. The third-order valence-corrected chi connectivity index (χ3v) is 15.4. The summed E-state index contributed by atoms with van der Waals surface area (Å²) < 4.78 is 34.6. The van der Waals surface area contributed by atoms with Crippen molar-refractivity contribution in [3.8, 4) is 0 Å². The van der Waals surface area contributed by atoms with Gasteiger partial charge in [0.15, 0.2) is 0 Å². The Bertz CT molecular complexity index is 653. The fourth-order valence-corrected chi connectivity index (χ4v) is 11.9. The second kappa shape index (κ2) is 36.6. The molecule has 0 radical (unpaired) electrons. The topological polar surface area (TPSA) is 66.4 Å². The van der Waals surface area contributed by atoms with Crippen LogP contribution in [-0.2, 0) is 14.6 Å². The van der Waals surface area contributed by atoms with Crippen LogP contribution in [0.4, 0.5) is 0 Å². The zero-order valence-electron chi connectivity index (χ0n) is 32.4. The minimum atomic E-state index is -4.50. The molecule has 1 atom stereocenters. The fraction of sp³-hybridized carbons (Fsp3) is 1.00. The fourth-order valence-electron chi connectivity index (χ4n) is 6.66. The highest BCUT2D eigenvalue weighted by atomic mass is 32.3. The van der Waals surface area contributed by atoms with Crippen LogP contribution in [0.5, 0.6) is 0 Å². The van der Waals surface area contributed by atoms with E-state index in [9.17, 15) is 13.0 Å². The summed E-state index contributed by atoms with van der Waals surface area (Å²) in [4.78, 5) is 0. The molecule has 0 amide bonds. The van der Waals surface area contributed by atoms with Crippen molar-refractivity contribution in [2.45, 2.75) is 221 Å². The van der Waals surface area contributed by atoms with Crippen molar-refractivity contribution < 1.29 is 17.2 Å². The summed E-state index contributed by atoms with van der Waals surface area (Å²) in [5.74, 6) is 0.184. The second-order valence-corrected chi connectivity index (χ2v) is 19.9. The number of hydrogen-bond donors (Lipinski definition) is 0. The predicted octanol–water partition coefficient (Wildman–Crippen LogP) is 14.1. The van der Waals surface area contributed by atoms with Gasteiger partial charge in [0.1, 0.15) is 0 Å². The van der Waals surface area contributed by atoms with Crippen LogP contribution in [0.1, 0.15) is 221 Å². The lowest BCUT2D eigenvalue weighted by Crippen LogP contribution is -2.13. The van der Waals surface area contributed by atoms with Crippen LogP contribution in [0, 0.1) is 5.92 Å². The van der Waals surface area contributed by atoms with Gasteiger partial charge < -0.3 is 4.55 Å². The van der Waals surface area contributed by atoms with Crippen LogP contribution in [0.2, 0.25) is 0 Å². The summed E-state index contributed by atoms with van der Waals surface area (Å²) in [6, 6.07) is 0. The summed E-state index contributed by atoms with van der Waals surface area (Å²) in [7, 11) is -5.20. The summed E-state index contributed by atoms with van der Waals surface area (Å²) in [6.07, 6.45) is 46.0. The van der Waals surface area contributed by atoms with E-state index in [1.165, 1.54) is 128 Å². The maximum atomic E-state index is 10.1. The molecule has 0 fully saturated rings. The molecule has 6 heteroatoms. The average Bonchev–Trinajstić information content (AvgIpc) is 3.04. The van der Waals surface area contributed by atoms with Crippen molar-refractivity contribution in [1.29, 1.82) is 0 Å². The number of rotatable bonds is 35. The molecule has 0 aromatic rings. The Hall–Kier alpha value is 0.300. The Morgan fingerprint density at radius 1 is 0.457 bits per heavy atom. The largest absolute Gasteiger partial charge is 0.726 e. The Balaban J connectivity index is 0. The van der Waals surface area contributed by atoms with E-state index in [0.29, 0.717) is 0 Å². The van der Waals surface area contributed by atoms with Crippen LogP contribution in [0.3, 0.4) is 0 Å². The Labute approximate surface area is 292 Å². The first-order valence-electron chi connectivity index (χ1n) is 20.7. The van der Waals surface area contributed by atoms with E-state index in [1.807, 2.05) is 6.92 Å². The number of hydrogen-bond acceptors (Lipinski definition) is 4. The Morgan fingerprint density at radius 2 is 0.739 bits per heavy atom. The van der Waals surface area contributed by atoms with E-state index in [2.05, 4.69) is 38.8 Å². The van der Waals surface area contributed by atoms with Crippen LogP contribution < -0.4 is 0 Å². The first-order valence-corrected chi connectivity index (χ1v) is 24.6. The molecule has 0 aromatic heterocycles. The van der Waals surface area contributed by atoms with Crippen LogP contribution in [0.15, 0.2) is 0 Å². The molecule has 0 aromatic carbocycles. The van der Waals surface area contributed by atoms with Crippen LogP contribution in [0.25, 0.3) is 0 Å². The van der Waals surface area contributed by atoms with Gasteiger partial charge in [-0.1, -0.05) is 164 Å². The van der Waals surface area contributed by atoms with Crippen LogP contribution in [-0.4, -0.2) is 44.2 Å². The van der Waals surface area contributed by atoms with E-state index in [0.717, 1.165) is 25.7 Å². The summed E-state index contributed by atoms with van der Waals surface area (Å²) in [5.41, 5.74) is 0. The Kier molecular flexibility index (Phi) is 38.5. The summed E-state index contributed by atoms with van der Waals surface area (Å²) in [5, 5.41) is 0. The molecule has 1 unspecified atom stereocenters. The van der Waals surface area contributed by atoms with Gasteiger partial charge in [-0.3, -0.25) is 4.18 Å². The molecule has 46 heavy (non-hydrogen) atoms.